The van der Waals surface area contributed by atoms with Gasteiger partial charge in [0.2, 0.25) is 5.91 Å². The molecule has 2 heterocycles. The first kappa shape index (κ1) is 22.3. The van der Waals surface area contributed by atoms with Gasteiger partial charge in [-0.3, -0.25) is 4.79 Å². The Hall–Kier alpha value is -2.39. The van der Waals surface area contributed by atoms with Crippen molar-refractivity contribution in [3.05, 3.63) is 35.0 Å². The summed E-state index contributed by atoms with van der Waals surface area (Å²) in [5, 5.41) is 12.8. The molecule has 30 heavy (non-hydrogen) atoms. The number of unbranched alkanes of at least 4 members (excludes halogenated alkanes) is 1. The molecular formula is C21H27N5O2S2. The summed E-state index contributed by atoms with van der Waals surface area (Å²) in [4.78, 5) is 18.1. The molecule has 0 unspecified atom stereocenters. The van der Waals surface area contributed by atoms with Crippen LogP contribution in [0.15, 0.2) is 29.4 Å². The van der Waals surface area contributed by atoms with E-state index in [1.54, 1.807) is 7.11 Å². The van der Waals surface area contributed by atoms with Crippen LogP contribution in [0, 0.1) is 6.92 Å². The zero-order chi connectivity index (χ0) is 21.5. The second-order valence-electron chi connectivity index (χ2n) is 6.74. The van der Waals surface area contributed by atoms with Crippen LogP contribution in [-0.4, -0.2) is 38.5 Å². The summed E-state index contributed by atoms with van der Waals surface area (Å²) in [5.41, 5.74) is 1.87. The highest BCUT2D eigenvalue weighted by Crippen LogP contribution is 2.31. The third kappa shape index (κ3) is 5.40. The zero-order valence-corrected chi connectivity index (χ0v) is 19.4. The fraction of sp³-hybridized carbons (Fsp3) is 0.429. The van der Waals surface area contributed by atoms with Crippen LogP contribution in [0.5, 0.6) is 5.75 Å². The summed E-state index contributed by atoms with van der Waals surface area (Å²) in [6.07, 6.45) is 3.12. The number of anilines is 1. The van der Waals surface area contributed by atoms with Crippen LogP contribution >= 0.6 is 23.1 Å². The molecule has 1 N–H and O–H groups in total. The topological polar surface area (TPSA) is 81.9 Å². The number of thiazole rings is 1. The average molecular weight is 446 g/mol. The number of aryl methyl sites for hydroxylation is 2. The summed E-state index contributed by atoms with van der Waals surface area (Å²) in [6.45, 7) is 7.03. The Kier molecular flexibility index (Phi) is 7.87. The molecule has 0 fully saturated rings. The predicted octanol–water partition coefficient (Wildman–Crippen LogP) is 4.81. The Morgan fingerprint density at radius 2 is 2.00 bits per heavy atom. The van der Waals surface area contributed by atoms with Crippen molar-refractivity contribution in [3.63, 3.8) is 0 Å². The molecule has 2 aromatic heterocycles. The maximum atomic E-state index is 12.5. The molecule has 0 atom stereocenters. The summed E-state index contributed by atoms with van der Waals surface area (Å²) >= 11 is 2.88. The number of nitrogens with zero attached hydrogens (tertiary/aromatic N) is 4. The van der Waals surface area contributed by atoms with E-state index < -0.39 is 0 Å². The van der Waals surface area contributed by atoms with Crippen molar-refractivity contribution in [1.82, 2.24) is 19.7 Å². The van der Waals surface area contributed by atoms with Gasteiger partial charge in [-0.15, -0.1) is 21.5 Å². The van der Waals surface area contributed by atoms with Crippen molar-refractivity contribution >= 4 is 34.1 Å². The van der Waals surface area contributed by atoms with Crippen molar-refractivity contribution in [2.45, 2.75) is 51.7 Å². The van der Waals surface area contributed by atoms with E-state index in [1.165, 1.54) is 23.1 Å². The van der Waals surface area contributed by atoms with E-state index in [-0.39, 0.29) is 11.7 Å². The largest absolute Gasteiger partial charge is 0.497 e. The molecule has 9 heteroatoms. The van der Waals surface area contributed by atoms with Crippen LogP contribution in [0.4, 0.5) is 5.13 Å². The Labute approximate surface area is 185 Å². The number of methoxy groups -OCH3 is 1. The number of rotatable bonds is 10. The van der Waals surface area contributed by atoms with Crippen LogP contribution in [0.25, 0.3) is 11.3 Å². The molecular weight excluding hydrogens is 418 g/mol. The van der Waals surface area contributed by atoms with Gasteiger partial charge in [0, 0.05) is 23.4 Å². The van der Waals surface area contributed by atoms with Gasteiger partial charge in [-0.05, 0) is 44.5 Å². The second-order valence-corrected chi connectivity index (χ2v) is 8.88. The Bertz CT molecular complexity index is 982. The zero-order valence-electron chi connectivity index (χ0n) is 17.8. The Morgan fingerprint density at radius 3 is 2.67 bits per heavy atom. The third-order valence-electron chi connectivity index (χ3n) is 4.60. The Balaban J connectivity index is 1.61. The smallest absolute Gasteiger partial charge is 0.236 e. The SMILES string of the molecule is CCCCc1nnc(SCC(=O)Nc2nc(-c3ccc(OC)cc3)c(C)s2)n1CC. The van der Waals surface area contributed by atoms with E-state index >= 15 is 0 Å². The van der Waals surface area contributed by atoms with Gasteiger partial charge in [0.1, 0.15) is 11.6 Å². The number of nitrogens with one attached hydrogen (secondary N) is 1. The highest BCUT2D eigenvalue weighted by atomic mass is 32.2. The van der Waals surface area contributed by atoms with Gasteiger partial charge in [-0.25, -0.2) is 4.98 Å². The number of aromatic nitrogens is 4. The lowest BCUT2D eigenvalue weighted by Gasteiger charge is -2.06. The molecule has 0 aliphatic carbocycles. The second kappa shape index (κ2) is 10.6. The predicted molar refractivity (Wildman–Crippen MR) is 123 cm³/mol. The van der Waals surface area contributed by atoms with Crippen molar-refractivity contribution in [3.8, 4) is 17.0 Å². The number of benzene rings is 1. The molecule has 1 aromatic carbocycles. The van der Waals surface area contributed by atoms with Crippen molar-refractivity contribution < 1.29 is 9.53 Å². The molecule has 0 aliphatic rings. The molecule has 0 bridgehead atoms. The highest BCUT2D eigenvalue weighted by molar-refractivity contribution is 7.99. The number of carbonyl (C=O) groups is 1. The third-order valence-corrected chi connectivity index (χ3v) is 6.46. The van der Waals surface area contributed by atoms with Gasteiger partial charge in [0.05, 0.1) is 18.6 Å². The summed E-state index contributed by atoms with van der Waals surface area (Å²) < 4.78 is 7.29. The van der Waals surface area contributed by atoms with Crippen LogP contribution in [0.1, 0.15) is 37.4 Å². The summed E-state index contributed by atoms with van der Waals surface area (Å²) in [6, 6.07) is 7.75. The summed E-state index contributed by atoms with van der Waals surface area (Å²) in [5.74, 6) is 1.95. The van der Waals surface area contributed by atoms with E-state index in [1.807, 2.05) is 31.2 Å². The van der Waals surface area contributed by atoms with E-state index in [0.717, 1.165) is 58.7 Å². The van der Waals surface area contributed by atoms with Crippen LogP contribution < -0.4 is 10.1 Å². The monoisotopic (exact) mass is 445 g/mol. The minimum atomic E-state index is -0.101. The number of thioether (sulfide) groups is 1. The molecule has 0 saturated carbocycles. The maximum absolute atomic E-state index is 12.5. The lowest BCUT2D eigenvalue weighted by Crippen LogP contribution is -2.14. The van der Waals surface area contributed by atoms with E-state index in [4.69, 9.17) is 4.74 Å². The first-order valence-corrected chi connectivity index (χ1v) is 11.8. The lowest BCUT2D eigenvalue weighted by molar-refractivity contribution is -0.113. The number of ether oxygens (including phenoxy) is 1. The fourth-order valence-electron chi connectivity index (χ4n) is 3.02. The maximum Gasteiger partial charge on any atom is 0.236 e. The molecule has 160 valence electrons. The molecule has 3 aromatic rings. The first-order valence-electron chi connectivity index (χ1n) is 10.0. The van der Waals surface area contributed by atoms with Gasteiger partial charge < -0.3 is 14.6 Å². The van der Waals surface area contributed by atoms with Crippen LogP contribution in [-0.2, 0) is 17.8 Å². The number of amides is 1. The normalized spacial score (nSPS) is 10.9. The Morgan fingerprint density at radius 1 is 1.23 bits per heavy atom. The number of hydrogen-bond donors (Lipinski definition) is 1. The first-order chi connectivity index (χ1) is 14.5. The quantitative estimate of drug-likeness (QED) is 0.451. The van der Waals surface area contributed by atoms with Crippen molar-refractivity contribution in [2.75, 3.05) is 18.2 Å². The van der Waals surface area contributed by atoms with Gasteiger partial charge in [-0.2, -0.15) is 0 Å². The highest BCUT2D eigenvalue weighted by Gasteiger charge is 2.15. The molecule has 0 saturated heterocycles. The molecule has 0 radical (unpaired) electrons. The van der Waals surface area contributed by atoms with Gasteiger partial charge >= 0.3 is 0 Å². The molecule has 1 amide bonds. The van der Waals surface area contributed by atoms with Crippen molar-refractivity contribution in [1.29, 1.82) is 0 Å². The van der Waals surface area contributed by atoms with E-state index in [0.29, 0.717) is 5.13 Å². The summed E-state index contributed by atoms with van der Waals surface area (Å²) in [7, 11) is 1.64. The minimum Gasteiger partial charge on any atom is -0.497 e. The van der Waals surface area contributed by atoms with E-state index in [9.17, 15) is 4.79 Å². The fourth-order valence-corrected chi connectivity index (χ4v) is 4.69. The molecule has 7 nitrogen and oxygen atoms in total. The average Bonchev–Trinajstić information content (AvgIpc) is 3.32. The van der Waals surface area contributed by atoms with Gasteiger partial charge in [-0.1, -0.05) is 25.1 Å². The number of carbonyl (C=O) groups excluding carboxylic acids is 1. The standard InChI is InChI=1S/C21H27N5O2S2/c1-5-7-8-17-24-25-21(26(17)6-2)29-13-18(27)22-20-23-19(14(3)30-20)15-9-11-16(28-4)12-10-15/h9-12H,5-8,13H2,1-4H3,(H,22,23,27). The van der Waals surface area contributed by atoms with Crippen LogP contribution in [0.2, 0.25) is 0 Å². The minimum absolute atomic E-state index is 0.101. The molecule has 0 spiro atoms. The lowest BCUT2D eigenvalue weighted by atomic mass is 10.1. The van der Waals surface area contributed by atoms with Crippen molar-refractivity contribution in [2.24, 2.45) is 0 Å². The van der Waals surface area contributed by atoms with Crippen LogP contribution in [0.3, 0.4) is 0 Å². The van der Waals surface area contributed by atoms with E-state index in [2.05, 4.69) is 38.9 Å². The molecule has 0 aliphatic heterocycles. The van der Waals surface area contributed by atoms with Gasteiger partial charge in [0.15, 0.2) is 10.3 Å². The number of hydrogen-bond acceptors (Lipinski definition) is 7. The molecule has 3 rings (SSSR count). The van der Waals surface area contributed by atoms with Gasteiger partial charge in [0.25, 0.3) is 0 Å².